The van der Waals surface area contributed by atoms with E-state index in [0.717, 1.165) is 0 Å². The molecule has 0 radical (unpaired) electrons. The monoisotopic (exact) mass is 223 g/mol. The van der Waals surface area contributed by atoms with Gasteiger partial charge in [0.2, 0.25) is 0 Å². The van der Waals surface area contributed by atoms with Gasteiger partial charge in [0.25, 0.3) is 5.56 Å². The van der Waals surface area contributed by atoms with Gasteiger partial charge in [0, 0.05) is 23.9 Å². The highest BCUT2D eigenvalue weighted by atomic mass is 35.5. The molecule has 0 spiro atoms. The Bertz CT molecular complexity index is 548. The molecule has 2 rings (SSSR count). The van der Waals surface area contributed by atoms with Crippen molar-refractivity contribution in [3.8, 4) is 5.75 Å². The van der Waals surface area contributed by atoms with E-state index < -0.39 is 0 Å². The summed E-state index contributed by atoms with van der Waals surface area (Å²) in [5, 5.41) is 10.3. The second-order valence-electron chi connectivity index (χ2n) is 3.23. The molecule has 0 aliphatic heterocycles. The zero-order valence-corrected chi connectivity index (χ0v) is 8.74. The number of halogens is 1. The average molecular weight is 224 g/mol. The van der Waals surface area contributed by atoms with Crippen LogP contribution in [0.2, 0.25) is 0 Å². The van der Waals surface area contributed by atoms with Gasteiger partial charge in [-0.05, 0) is 12.1 Å². The Morgan fingerprint density at radius 3 is 2.80 bits per heavy atom. The second-order valence-corrected chi connectivity index (χ2v) is 3.60. The number of hydrogen-bond donors (Lipinski definition) is 1. The lowest BCUT2D eigenvalue weighted by Gasteiger charge is -2.09. The first-order chi connectivity index (χ1) is 7.24. The van der Waals surface area contributed by atoms with Crippen LogP contribution in [0.3, 0.4) is 0 Å². The number of aromatic nitrogens is 1. The van der Waals surface area contributed by atoms with Crippen LogP contribution in [0.4, 0.5) is 0 Å². The van der Waals surface area contributed by atoms with E-state index in [1.54, 1.807) is 16.7 Å². The van der Waals surface area contributed by atoms with E-state index in [4.69, 9.17) is 11.6 Å². The third-order valence-corrected chi connectivity index (χ3v) is 2.47. The molecule has 0 amide bonds. The van der Waals surface area contributed by atoms with Gasteiger partial charge in [-0.3, -0.25) is 4.79 Å². The van der Waals surface area contributed by atoms with Crippen molar-refractivity contribution < 1.29 is 5.11 Å². The zero-order valence-electron chi connectivity index (χ0n) is 7.98. The van der Waals surface area contributed by atoms with Gasteiger partial charge in [-0.15, -0.1) is 11.6 Å². The number of benzene rings is 1. The normalized spacial score (nSPS) is 10.7. The lowest BCUT2D eigenvalue weighted by Crippen LogP contribution is -2.20. The maximum atomic E-state index is 11.6. The Morgan fingerprint density at radius 1 is 1.33 bits per heavy atom. The summed E-state index contributed by atoms with van der Waals surface area (Å²) in [6, 6.07) is 8.43. The standard InChI is InChI=1S/C11H10ClNO2/c12-5-6-13-9-4-2-1-3-8(9)10(14)7-11(13)15/h1-4,7,14H,5-6H2. The van der Waals surface area contributed by atoms with E-state index in [0.29, 0.717) is 23.3 Å². The van der Waals surface area contributed by atoms with Gasteiger partial charge in [0.1, 0.15) is 5.75 Å². The van der Waals surface area contributed by atoms with Gasteiger partial charge < -0.3 is 9.67 Å². The van der Waals surface area contributed by atoms with E-state index in [1.165, 1.54) is 6.07 Å². The molecule has 78 valence electrons. The van der Waals surface area contributed by atoms with Crippen LogP contribution in [-0.4, -0.2) is 15.6 Å². The van der Waals surface area contributed by atoms with Crippen molar-refractivity contribution in [2.75, 3.05) is 5.88 Å². The molecule has 1 aromatic carbocycles. The second kappa shape index (κ2) is 3.95. The number of fused-ring (bicyclic) bond motifs is 1. The van der Waals surface area contributed by atoms with E-state index in [1.807, 2.05) is 12.1 Å². The number of nitrogens with zero attached hydrogens (tertiary/aromatic N) is 1. The third-order valence-electron chi connectivity index (χ3n) is 2.31. The molecular formula is C11H10ClNO2. The van der Waals surface area contributed by atoms with Crippen LogP contribution >= 0.6 is 11.6 Å². The zero-order chi connectivity index (χ0) is 10.8. The summed E-state index contributed by atoms with van der Waals surface area (Å²) in [6.45, 7) is 0.446. The number of aromatic hydroxyl groups is 1. The molecule has 0 saturated carbocycles. The number of pyridine rings is 1. The number of hydrogen-bond acceptors (Lipinski definition) is 2. The predicted octanol–water partition coefficient (Wildman–Crippen LogP) is 1.95. The van der Waals surface area contributed by atoms with Crippen LogP contribution in [0.5, 0.6) is 5.75 Å². The smallest absolute Gasteiger partial charge is 0.254 e. The van der Waals surface area contributed by atoms with Crippen LogP contribution in [-0.2, 0) is 6.54 Å². The Labute approximate surface area is 91.5 Å². The fraction of sp³-hybridized carbons (Fsp3) is 0.182. The van der Waals surface area contributed by atoms with Crippen LogP contribution in [0.15, 0.2) is 35.1 Å². The van der Waals surface area contributed by atoms with Gasteiger partial charge in [-0.25, -0.2) is 0 Å². The first-order valence-corrected chi connectivity index (χ1v) is 5.15. The van der Waals surface area contributed by atoms with Gasteiger partial charge >= 0.3 is 0 Å². The van der Waals surface area contributed by atoms with E-state index in [-0.39, 0.29) is 11.3 Å². The minimum atomic E-state index is -0.230. The highest BCUT2D eigenvalue weighted by Gasteiger charge is 2.06. The Kier molecular flexibility index (Phi) is 2.64. The summed E-state index contributed by atoms with van der Waals surface area (Å²) in [5.41, 5.74) is 0.481. The van der Waals surface area contributed by atoms with Crippen molar-refractivity contribution in [3.05, 3.63) is 40.7 Å². The van der Waals surface area contributed by atoms with Crippen molar-refractivity contribution in [2.45, 2.75) is 6.54 Å². The molecule has 15 heavy (non-hydrogen) atoms. The fourth-order valence-corrected chi connectivity index (χ4v) is 1.80. The fourth-order valence-electron chi connectivity index (χ4n) is 1.63. The highest BCUT2D eigenvalue weighted by molar-refractivity contribution is 6.17. The number of rotatable bonds is 2. The number of para-hydroxylation sites is 1. The van der Waals surface area contributed by atoms with E-state index >= 15 is 0 Å². The summed E-state index contributed by atoms with van der Waals surface area (Å²) in [7, 11) is 0. The SMILES string of the molecule is O=c1cc(O)c2ccccc2n1CCCl. The predicted molar refractivity (Wildman–Crippen MR) is 60.6 cm³/mol. The van der Waals surface area contributed by atoms with Crippen LogP contribution in [0.25, 0.3) is 10.9 Å². The van der Waals surface area contributed by atoms with Crippen LogP contribution < -0.4 is 5.56 Å². The van der Waals surface area contributed by atoms with Gasteiger partial charge in [0.15, 0.2) is 0 Å². The first-order valence-electron chi connectivity index (χ1n) is 4.61. The average Bonchev–Trinajstić information content (AvgIpc) is 2.24. The Hall–Kier alpha value is -1.48. The van der Waals surface area contributed by atoms with Crippen molar-refractivity contribution in [2.24, 2.45) is 0 Å². The molecule has 0 fully saturated rings. The Balaban J connectivity index is 2.83. The van der Waals surface area contributed by atoms with Crippen LogP contribution in [0, 0.1) is 0 Å². The quantitative estimate of drug-likeness (QED) is 0.791. The lowest BCUT2D eigenvalue weighted by molar-refractivity contribution is 0.479. The molecule has 1 N–H and O–H groups in total. The molecule has 3 nitrogen and oxygen atoms in total. The lowest BCUT2D eigenvalue weighted by atomic mass is 10.2. The third kappa shape index (κ3) is 1.70. The minimum Gasteiger partial charge on any atom is -0.507 e. The maximum Gasteiger partial charge on any atom is 0.254 e. The highest BCUT2D eigenvalue weighted by Crippen LogP contribution is 2.21. The van der Waals surface area contributed by atoms with Gasteiger partial charge in [-0.2, -0.15) is 0 Å². The molecule has 1 aromatic heterocycles. The molecule has 4 heteroatoms. The molecule has 0 aliphatic rings. The van der Waals surface area contributed by atoms with Gasteiger partial charge in [-0.1, -0.05) is 12.1 Å². The maximum absolute atomic E-state index is 11.6. The summed E-state index contributed by atoms with van der Waals surface area (Å²) in [6.07, 6.45) is 0. The summed E-state index contributed by atoms with van der Waals surface area (Å²) in [4.78, 5) is 11.6. The molecule has 0 aliphatic carbocycles. The minimum absolute atomic E-state index is 0.0152. The van der Waals surface area contributed by atoms with E-state index in [2.05, 4.69) is 0 Å². The van der Waals surface area contributed by atoms with Crippen molar-refractivity contribution >= 4 is 22.5 Å². The van der Waals surface area contributed by atoms with Gasteiger partial charge in [0.05, 0.1) is 5.52 Å². The number of alkyl halides is 1. The topological polar surface area (TPSA) is 42.2 Å². The molecule has 0 unspecified atom stereocenters. The molecule has 2 aromatic rings. The van der Waals surface area contributed by atoms with Crippen LogP contribution in [0.1, 0.15) is 0 Å². The number of aryl methyl sites for hydroxylation is 1. The molecule has 0 saturated heterocycles. The summed E-state index contributed by atoms with van der Waals surface area (Å²) >= 11 is 5.63. The first kappa shape index (κ1) is 10.1. The molecular weight excluding hydrogens is 214 g/mol. The summed E-state index contributed by atoms with van der Waals surface area (Å²) in [5.74, 6) is 0.385. The van der Waals surface area contributed by atoms with Crippen molar-refractivity contribution in [1.29, 1.82) is 0 Å². The molecule has 0 bridgehead atoms. The largest absolute Gasteiger partial charge is 0.507 e. The summed E-state index contributed by atoms with van der Waals surface area (Å²) < 4.78 is 1.56. The van der Waals surface area contributed by atoms with E-state index in [9.17, 15) is 9.90 Å². The molecule has 0 atom stereocenters. The van der Waals surface area contributed by atoms with Crippen molar-refractivity contribution in [3.63, 3.8) is 0 Å². The Morgan fingerprint density at radius 2 is 2.07 bits per heavy atom. The molecule has 1 heterocycles. The van der Waals surface area contributed by atoms with Crippen molar-refractivity contribution in [1.82, 2.24) is 4.57 Å².